The number of aryl methyl sites for hydroxylation is 2. The maximum absolute atomic E-state index is 13.2. The molecule has 0 saturated carbocycles. The van der Waals surface area contributed by atoms with E-state index in [1.807, 2.05) is 20.9 Å². The fourth-order valence-electron chi connectivity index (χ4n) is 1.98. The largest absolute Gasteiger partial charge is 0.383 e. The third-order valence-corrected chi connectivity index (χ3v) is 4.05. The molecule has 0 fully saturated rings. The molecular formula is C10H9ClF2N6S. The highest BCUT2D eigenvalue weighted by atomic mass is 35.5. The van der Waals surface area contributed by atoms with E-state index in [1.54, 1.807) is 4.68 Å². The van der Waals surface area contributed by atoms with E-state index in [1.165, 1.54) is 0 Å². The molecule has 0 spiro atoms. The van der Waals surface area contributed by atoms with Gasteiger partial charge in [0.25, 0.3) is 0 Å². The first-order valence-corrected chi connectivity index (χ1v) is 6.78. The average molecular weight is 319 g/mol. The van der Waals surface area contributed by atoms with Crippen molar-refractivity contribution in [3.8, 4) is 10.6 Å². The fraction of sp³-hybridized carbons (Fsp3) is 0.400. The summed E-state index contributed by atoms with van der Waals surface area (Å²) in [5.74, 6) is -0.684. The Bertz CT molecular complexity index is 799. The Balaban J connectivity index is 2.22. The molecule has 0 aliphatic rings. The molecule has 0 amide bonds. The van der Waals surface area contributed by atoms with Gasteiger partial charge in [-0.25, -0.2) is 0 Å². The lowest BCUT2D eigenvalue weighted by molar-refractivity contribution is 0.0821. The van der Waals surface area contributed by atoms with Gasteiger partial charge in [0.05, 0.1) is 11.3 Å². The summed E-state index contributed by atoms with van der Waals surface area (Å²) >= 11 is 6.15. The number of rotatable bonds is 2. The number of nitrogens with zero attached hydrogens (tertiary/aromatic N) is 6. The second-order valence-electron chi connectivity index (χ2n) is 4.29. The second-order valence-corrected chi connectivity index (χ2v) is 5.72. The van der Waals surface area contributed by atoms with Gasteiger partial charge in [-0.15, -0.1) is 10.2 Å². The quantitative estimate of drug-likeness (QED) is 0.681. The maximum Gasteiger partial charge on any atom is 0.383 e. The minimum absolute atomic E-state index is 0.262. The normalized spacial score (nSPS) is 12.5. The molecule has 0 aromatic carbocycles. The number of aromatic nitrogens is 6. The summed E-state index contributed by atoms with van der Waals surface area (Å²) in [5, 5.41) is 12.4. The zero-order valence-electron chi connectivity index (χ0n) is 10.7. The smallest absolute Gasteiger partial charge is 0.272 e. The average Bonchev–Trinajstić information content (AvgIpc) is 2.91. The Morgan fingerprint density at radius 1 is 1.20 bits per heavy atom. The number of halogens is 3. The first-order chi connectivity index (χ1) is 9.29. The molecule has 3 aromatic rings. The van der Waals surface area contributed by atoms with Gasteiger partial charge in [-0.1, -0.05) is 11.3 Å². The van der Waals surface area contributed by atoms with Gasteiger partial charge in [0, 0.05) is 12.7 Å². The molecule has 3 aromatic heterocycles. The molecule has 3 rings (SSSR count). The molecule has 20 heavy (non-hydrogen) atoms. The fourth-order valence-corrected chi connectivity index (χ4v) is 3.08. The Hall–Kier alpha value is -1.61. The molecule has 0 radical (unpaired) electrons. The highest BCUT2D eigenvalue weighted by Crippen LogP contribution is 2.35. The number of alkyl halides is 3. The zero-order valence-corrected chi connectivity index (χ0v) is 12.3. The Morgan fingerprint density at radius 2 is 1.90 bits per heavy atom. The predicted octanol–water partition coefficient (Wildman–Crippen LogP) is 2.49. The zero-order chi connectivity index (χ0) is 14.7. The predicted molar refractivity (Wildman–Crippen MR) is 70.1 cm³/mol. The van der Waals surface area contributed by atoms with Crippen LogP contribution in [-0.2, 0) is 12.4 Å². The highest BCUT2D eigenvalue weighted by molar-refractivity contribution is 7.19. The summed E-state index contributed by atoms with van der Waals surface area (Å²) < 4.78 is 29.0. The lowest BCUT2D eigenvalue weighted by Crippen LogP contribution is -2.10. The van der Waals surface area contributed by atoms with Gasteiger partial charge in [0.15, 0.2) is 5.01 Å². The number of hydrogen-bond acceptors (Lipinski definition) is 5. The van der Waals surface area contributed by atoms with E-state index in [9.17, 15) is 8.78 Å². The monoisotopic (exact) mass is 318 g/mol. The molecule has 106 valence electrons. The van der Waals surface area contributed by atoms with Gasteiger partial charge in [-0.2, -0.15) is 23.5 Å². The Morgan fingerprint density at radius 3 is 2.45 bits per heavy atom. The van der Waals surface area contributed by atoms with Crippen LogP contribution >= 0.6 is 22.9 Å². The summed E-state index contributed by atoms with van der Waals surface area (Å²) in [6.07, 6.45) is 0. The van der Waals surface area contributed by atoms with Crippen molar-refractivity contribution in [2.75, 3.05) is 0 Å². The van der Waals surface area contributed by atoms with Crippen molar-refractivity contribution in [3.63, 3.8) is 0 Å². The summed E-state index contributed by atoms with van der Waals surface area (Å²) in [6.45, 7) is 3.72. The van der Waals surface area contributed by atoms with E-state index >= 15 is 0 Å². The highest BCUT2D eigenvalue weighted by Gasteiger charge is 2.36. The van der Waals surface area contributed by atoms with E-state index in [0.717, 1.165) is 32.8 Å². The van der Waals surface area contributed by atoms with E-state index in [-0.39, 0.29) is 4.96 Å². The van der Waals surface area contributed by atoms with Crippen LogP contribution in [0, 0.1) is 13.8 Å². The van der Waals surface area contributed by atoms with Crippen LogP contribution in [0.25, 0.3) is 15.5 Å². The first kappa shape index (κ1) is 13.4. The molecule has 3 heterocycles. The summed E-state index contributed by atoms with van der Waals surface area (Å²) in [4.78, 5) is 0.262. The molecule has 0 N–H and O–H groups in total. The molecule has 10 heteroatoms. The van der Waals surface area contributed by atoms with Crippen LogP contribution in [0.1, 0.15) is 17.2 Å². The van der Waals surface area contributed by atoms with Crippen LogP contribution in [0.5, 0.6) is 0 Å². The molecule has 0 atom stereocenters. The first-order valence-electron chi connectivity index (χ1n) is 5.59. The molecule has 0 bridgehead atoms. The van der Waals surface area contributed by atoms with Crippen LogP contribution in [0.3, 0.4) is 0 Å². The molecule has 0 unspecified atom stereocenters. The van der Waals surface area contributed by atoms with Crippen LogP contribution in [0.4, 0.5) is 8.78 Å². The second kappa shape index (κ2) is 4.19. The van der Waals surface area contributed by atoms with Crippen molar-refractivity contribution in [1.29, 1.82) is 0 Å². The summed E-state index contributed by atoms with van der Waals surface area (Å²) in [5.41, 5.74) is 2.48. The van der Waals surface area contributed by atoms with Crippen LogP contribution in [0.15, 0.2) is 0 Å². The van der Waals surface area contributed by atoms with Gasteiger partial charge < -0.3 is 0 Å². The number of fused-ring (bicyclic) bond motifs is 1. The SMILES string of the molecule is Cc1nn(C)c(C)c1-c1nn2c(C(F)(F)Cl)nnc2s1. The molecule has 0 aliphatic carbocycles. The van der Waals surface area contributed by atoms with Crippen molar-refractivity contribution in [1.82, 2.24) is 29.6 Å². The minimum atomic E-state index is -3.61. The molecule has 6 nitrogen and oxygen atoms in total. The van der Waals surface area contributed by atoms with Crippen LogP contribution in [0.2, 0.25) is 0 Å². The van der Waals surface area contributed by atoms with E-state index in [0.29, 0.717) is 5.01 Å². The third kappa shape index (κ3) is 1.88. The van der Waals surface area contributed by atoms with E-state index < -0.39 is 11.2 Å². The molecule has 0 saturated heterocycles. The topological polar surface area (TPSA) is 60.9 Å². The lowest BCUT2D eigenvalue weighted by Gasteiger charge is -2.02. The third-order valence-electron chi connectivity index (χ3n) is 2.97. The van der Waals surface area contributed by atoms with Crippen molar-refractivity contribution in [2.45, 2.75) is 19.2 Å². The van der Waals surface area contributed by atoms with E-state index in [2.05, 4.69) is 20.4 Å². The Labute approximate surface area is 121 Å². The maximum atomic E-state index is 13.2. The van der Waals surface area contributed by atoms with Gasteiger partial charge in [0.2, 0.25) is 10.8 Å². The van der Waals surface area contributed by atoms with Crippen molar-refractivity contribution < 1.29 is 8.78 Å². The summed E-state index contributed by atoms with van der Waals surface area (Å²) in [6, 6.07) is 0. The molecular weight excluding hydrogens is 310 g/mol. The lowest BCUT2D eigenvalue weighted by atomic mass is 10.2. The Kier molecular flexibility index (Phi) is 2.80. The van der Waals surface area contributed by atoms with Crippen molar-refractivity contribution in [3.05, 3.63) is 17.2 Å². The van der Waals surface area contributed by atoms with Gasteiger partial charge >= 0.3 is 5.38 Å². The van der Waals surface area contributed by atoms with Gasteiger partial charge in [0.1, 0.15) is 0 Å². The summed E-state index contributed by atoms with van der Waals surface area (Å²) in [7, 11) is 1.81. The van der Waals surface area contributed by atoms with Crippen molar-refractivity contribution >= 4 is 27.9 Å². The van der Waals surface area contributed by atoms with E-state index in [4.69, 9.17) is 11.6 Å². The van der Waals surface area contributed by atoms with Gasteiger partial charge in [-0.3, -0.25) is 4.68 Å². The van der Waals surface area contributed by atoms with Crippen LogP contribution < -0.4 is 0 Å². The molecule has 0 aliphatic heterocycles. The minimum Gasteiger partial charge on any atom is -0.272 e. The van der Waals surface area contributed by atoms with Gasteiger partial charge in [-0.05, 0) is 25.4 Å². The number of hydrogen-bond donors (Lipinski definition) is 0. The van der Waals surface area contributed by atoms with Crippen LogP contribution in [-0.4, -0.2) is 29.6 Å². The van der Waals surface area contributed by atoms with Crippen molar-refractivity contribution in [2.24, 2.45) is 7.05 Å². The standard InChI is InChI=1S/C10H9ClF2N6S/c1-4-6(5(2)18(3)16-4)7-17-19-8(10(11,12)13)14-15-9(19)20-7/h1-3H3.